The smallest absolute Gasteiger partial charge is 0.753 e. The van der Waals surface area contributed by atoms with Crippen molar-refractivity contribution in [2.24, 2.45) is 0 Å². The first-order valence-corrected chi connectivity index (χ1v) is 11.2. The van der Waals surface area contributed by atoms with Gasteiger partial charge in [0, 0.05) is 37.3 Å². The van der Waals surface area contributed by atoms with Gasteiger partial charge < -0.3 is 10.8 Å². The van der Waals surface area contributed by atoms with Gasteiger partial charge in [0.25, 0.3) is 0 Å². The molecule has 3 rings (SSSR count). The number of hydrogen-bond acceptors (Lipinski definition) is 6. The third-order valence-corrected chi connectivity index (χ3v) is 5.04. The van der Waals surface area contributed by atoms with Crippen LogP contribution in [0.3, 0.4) is 0 Å². The molecule has 0 saturated heterocycles. The summed E-state index contributed by atoms with van der Waals surface area (Å²) in [6, 6.07) is 12.8. The average Bonchev–Trinajstić information content (AvgIpc) is 2.67. The van der Waals surface area contributed by atoms with Gasteiger partial charge in [-0.3, -0.25) is 19.8 Å². The van der Waals surface area contributed by atoms with Crippen molar-refractivity contribution in [3.8, 4) is 0 Å². The van der Waals surface area contributed by atoms with Crippen LogP contribution in [0.4, 0.5) is 0 Å². The third-order valence-electron chi connectivity index (χ3n) is 5.04. The van der Waals surface area contributed by atoms with Gasteiger partial charge in [0.1, 0.15) is 0 Å². The molecule has 9 heteroatoms. The Hall–Kier alpha value is -1.67. The van der Waals surface area contributed by atoms with Crippen molar-refractivity contribution in [2.75, 3.05) is 0 Å². The zero-order valence-electron chi connectivity index (χ0n) is 20.1. The number of rotatable bonds is 0. The number of hydrogen-bond donors (Lipinski definition) is 0. The molecule has 0 amide bonds. The summed E-state index contributed by atoms with van der Waals surface area (Å²) < 4.78 is 0. The van der Waals surface area contributed by atoms with Crippen molar-refractivity contribution in [3.05, 3.63) is 70.0 Å². The van der Waals surface area contributed by atoms with Crippen LogP contribution in [0.5, 0.6) is 0 Å². The van der Waals surface area contributed by atoms with E-state index in [2.05, 4.69) is 112 Å². The first-order chi connectivity index (χ1) is 14.9. The van der Waals surface area contributed by atoms with E-state index in [0.717, 1.165) is 49.0 Å². The molecule has 0 aliphatic carbocycles. The Morgan fingerprint density at radius 1 is 0.667 bits per heavy atom. The van der Waals surface area contributed by atoms with E-state index >= 15 is 0 Å². The summed E-state index contributed by atoms with van der Waals surface area (Å²) in [6.45, 7) is 16.9. The molecular formula is C24H32CoN6S2. The predicted molar refractivity (Wildman–Crippen MR) is 138 cm³/mol. The zero-order valence-corrected chi connectivity index (χ0v) is 22.8. The summed E-state index contributed by atoms with van der Waals surface area (Å²) in [5.74, 6) is 0. The fraction of sp³-hybridized carbons (Fsp3) is 0.500. The summed E-state index contributed by atoms with van der Waals surface area (Å²) in [5.41, 5.74) is 4.62. The normalized spacial score (nSPS) is 14.2. The van der Waals surface area contributed by atoms with Crippen LogP contribution in [-0.4, -0.2) is 41.2 Å². The molecule has 179 valence electrons. The average molecular weight is 528 g/mol. The van der Waals surface area contributed by atoms with Gasteiger partial charge in [-0.25, -0.2) is 0 Å². The van der Waals surface area contributed by atoms with E-state index < -0.39 is 0 Å². The number of pyridine rings is 2. The second-order valence-electron chi connectivity index (χ2n) is 9.48. The van der Waals surface area contributed by atoms with Crippen molar-refractivity contribution >= 4 is 34.8 Å². The van der Waals surface area contributed by atoms with Crippen molar-refractivity contribution in [1.82, 2.24) is 19.8 Å². The third kappa shape index (κ3) is 11.3. The van der Waals surface area contributed by atoms with Crippen LogP contribution in [0.1, 0.15) is 64.3 Å². The van der Waals surface area contributed by atoms with Crippen molar-refractivity contribution in [1.29, 1.82) is 0 Å². The predicted octanol–water partition coefficient (Wildman–Crippen LogP) is 5.71. The molecule has 0 spiro atoms. The molecule has 2 aromatic heterocycles. The molecule has 0 aromatic carbocycles. The quantitative estimate of drug-likeness (QED) is 0.323. The van der Waals surface area contributed by atoms with Gasteiger partial charge in [-0.05, 0) is 65.8 Å². The van der Waals surface area contributed by atoms with E-state index in [9.17, 15) is 0 Å². The van der Waals surface area contributed by atoms with Crippen LogP contribution >= 0.6 is 24.4 Å². The number of fused-ring (bicyclic) bond motifs is 4. The largest absolute Gasteiger partial charge is 2.00 e. The zero-order chi connectivity index (χ0) is 24.4. The van der Waals surface area contributed by atoms with Crippen LogP contribution in [0.25, 0.3) is 10.8 Å². The van der Waals surface area contributed by atoms with Gasteiger partial charge in [0.05, 0.1) is 22.8 Å². The van der Waals surface area contributed by atoms with Crippen molar-refractivity contribution in [2.45, 2.75) is 78.8 Å². The molecule has 6 nitrogen and oxygen atoms in total. The molecule has 1 aliphatic heterocycles. The Bertz CT molecular complexity index is 820. The number of thiocarbonyl (C=S) groups is 2. The summed E-state index contributed by atoms with van der Waals surface area (Å²) >= 11 is 7.40. The molecular weight excluding hydrogens is 495 g/mol. The summed E-state index contributed by atoms with van der Waals surface area (Å²) in [4.78, 5) is 14.8. The minimum atomic E-state index is 0. The van der Waals surface area contributed by atoms with E-state index in [1.165, 1.54) is 10.3 Å². The van der Waals surface area contributed by atoms with Gasteiger partial charge in [0.2, 0.25) is 0 Å². The number of aromatic nitrogens is 2. The maximum Gasteiger partial charge on any atom is 2.00 e. The topological polar surface area (TPSA) is 76.9 Å². The Balaban J connectivity index is 0.00000132. The Kier molecular flexibility index (Phi) is 13.8. The number of isothiocyanates is 2. The molecule has 4 bridgehead atoms. The summed E-state index contributed by atoms with van der Waals surface area (Å²) in [5, 5.41) is 16.9. The Morgan fingerprint density at radius 2 is 0.879 bits per heavy atom. The second-order valence-corrected chi connectivity index (χ2v) is 9.84. The van der Waals surface area contributed by atoms with Gasteiger partial charge in [-0.2, -0.15) is 10.3 Å². The van der Waals surface area contributed by atoms with Gasteiger partial charge in [-0.15, -0.1) is 0 Å². The van der Waals surface area contributed by atoms with Gasteiger partial charge >= 0.3 is 16.8 Å². The van der Waals surface area contributed by atoms with Crippen LogP contribution in [0.2, 0.25) is 0 Å². The molecule has 0 atom stereocenters. The van der Waals surface area contributed by atoms with Crippen molar-refractivity contribution < 1.29 is 16.8 Å². The molecule has 0 saturated carbocycles. The molecule has 0 N–H and O–H groups in total. The maximum atomic E-state index is 7.13. The monoisotopic (exact) mass is 527 g/mol. The minimum Gasteiger partial charge on any atom is -0.753 e. The fourth-order valence-electron chi connectivity index (χ4n) is 3.25. The first-order valence-electron chi connectivity index (χ1n) is 10.4. The summed E-state index contributed by atoms with van der Waals surface area (Å²) in [7, 11) is 0. The first kappa shape index (κ1) is 31.3. The van der Waals surface area contributed by atoms with E-state index in [4.69, 9.17) is 20.8 Å². The Morgan fingerprint density at radius 3 is 1.06 bits per heavy atom. The van der Waals surface area contributed by atoms with Gasteiger partial charge in [-0.1, -0.05) is 36.6 Å². The van der Waals surface area contributed by atoms with Crippen molar-refractivity contribution in [3.63, 3.8) is 0 Å². The maximum absolute atomic E-state index is 7.13. The van der Waals surface area contributed by atoms with E-state index in [1.807, 2.05) is 0 Å². The second kappa shape index (κ2) is 14.6. The molecule has 33 heavy (non-hydrogen) atoms. The van der Waals surface area contributed by atoms with Gasteiger partial charge in [0.15, 0.2) is 0 Å². The SMILES string of the molecule is CC(C)(C)N1Cc2cccc(n2)CN(C(C)(C)C)Cc2cccc(n2)C1.[Co+2].[N-]=C=S.[N-]=C=S. The fourth-order valence-corrected chi connectivity index (χ4v) is 3.25. The summed E-state index contributed by atoms with van der Waals surface area (Å²) in [6.07, 6.45) is 0. The van der Waals surface area contributed by atoms with E-state index in [-0.39, 0.29) is 27.9 Å². The van der Waals surface area contributed by atoms with Crippen LogP contribution < -0.4 is 0 Å². The molecule has 3 heterocycles. The molecule has 0 unspecified atom stereocenters. The molecule has 2 aromatic rings. The van der Waals surface area contributed by atoms with E-state index in [1.54, 1.807) is 0 Å². The molecule has 0 fully saturated rings. The molecule has 1 radical (unpaired) electrons. The standard InChI is InChI=1S/C22H32N4.2CNS.Co/c1-21(2,3)25-13-17-9-7-11-19(23-17)15-26(22(4,5)6)16-20-12-8-10-18(14-25)24-20;2*2-1-3;/h7-12H,13-16H2,1-6H3;;;/q;2*-1;+2. The van der Waals surface area contributed by atoms with E-state index in [0.29, 0.717) is 0 Å². The van der Waals surface area contributed by atoms with Crippen LogP contribution in [0.15, 0.2) is 36.4 Å². The minimum absolute atomic E-state index is 0. The number of nitrogens with zero attached hydrogens (tertiary/aromatic N) is 6. The van der Waals surface area contributed by atoms with Crippen LogP contribution in [-0.2, 0) is 43.0 Å². The Labute approximate surface area is 219 Å². The molecule has 1 aliphatic rings. The van der Waals surface area contributed by atoms with Crippen LogP contribution in [0, 0.1) is 0 Å².